The Balaban J connectivity index is 3.57. The third-order valence-electron chi connectivity index (χ3n) is 1.45. The third kappa shape index (κ3) is 8.19. The molecular formula is C8H11ClINO2. The number of carbonyl (C=O) groups excluding carboxylic acids is 1. The van der Waals surface area contributed by atoms with Gasteiger partial charge in [-0.2, -0.15) is 0 Å². The predicted octanol–water partition coefficient (Wildman–Crippen LogP) is 2.11. The van der Waals surface area contributed by atoms with Crippen LogP contribution in [0.25, 0.3) is 0 Å². The quantitative estimate of drug-likeness (QED) is 0.480. The van der Waals surface area contributed by atoms with Crippen molar-refractivity contribution in [1.82, 2.24) is 0 Å². The maximum Gasteiger partial charge on any atom is 0.404 e. The second-order valence-corrected chi connectivity index (χ2v) is 3.30. The molecule has 0 spiro atoms. The van der Waals surface area contributed by atoms with E-state index in [0.29, 0.717) is 18.9 Å². The minimum Gasteiger partial charge on any atom is -0.450 e. The molecule has 0 saturated carbocycles. The lowest BCUT2D eigenvalue weighted by molar-refractivity contribution is 0.150. The van der Waals surface area contributed by atoms with Crippen LogP contribution in [0.15, 0.2) is 0 Å². The van der Waals surface area contributed by atoms with Gasteiger partial charge in [0.1, 0.15) is 0 Å². The van der Waals surface area contributed by atoms with Crippen LogP contribution in [-0.2, 0) is 4.74 Å². The van der Waals surface area contributed by atoms with Crippen molar-refractivity contribution in [3.8, 4) is 9.85 Å². The molecule has 1 amide bonds. The van der Waals surface area contributed by atoms with Gasteiger partial charge in [0.15, 0.2) is 0 Å². The van der Waals surface area contributed by atoms with Crippen molar-refractivity contribution in [1.29, 1.82) is 0 Å². The predicted molar refractivity (Wildman–Crippen MR) is 60.8 cm³/mol. The zero-order valence-corrected chi connectivity index (χ0v) is 9.97. The second kappa shape index (κ2) is 8.45. The lowest BCUT2D eigenvalue weighted by Gasteiger charge is -2.09. The van der Waals surface area contributed by atoms with Crippen molar-refractivity contribution in [3.05, 3.63) is 0 Å². The summed E-state index contributed by atoms with van der Waals surface area (Å²) in [4.78, 5) is 10.2. The molecule has 0 aliphatic rings. The molecule has 0 heterocycles. The highest BCUT2D eigenvalue weighted by Gasteiger charge is 2.06. The normalized spacial score (nSPS) is 11.2. The van der Waals surface area contributed by atoms with Crippen molar-refractivity contribution >= 4 is 40.3 Å². The first-order valence-electron chi connectivity index (χ1n) is 3.77. The molecule has 0 aromatic heterocycles. The molecule has 0 radical (unpaired) electrons. The molecule has 0 aliphatic carbocycles. The van der Waals surface area contributed by atoms with Crippen LogP contribution in [0.2, 0.25) is 0 Å². The summed E-state index contributed by atoms with van der Waals surface area (Å²) in [6.45, 7) is 0.315. The van der Waals surface area contributed by atoms with E-state index in [1.165, 1.54) is 0 Å². The number of amides is 1. The van der Waals surface area contributed by atoms with Gasteiger partial charge in [0.25, 0.3) is 0 Å². The van der Waals surface area contributed by atoms with Gasteiger partial charge in [0, 0.05) is 34.9 Å². The van der Waals surface area contributed by atoms with Crippen LogP contribution in [0.1, 0.15) is 12.8 Å². The zero-order chi connectivity index (χ0) is 10.1. The summed E-state index contributed by atoms with van der Waals surface area (Å²) < 4.78 is 7.34. The maximum atomic E-state index is 10.2. The maximum absolute atomic E-state index is 10.2. The number of alkyl halides is 1. The van der Waals surface area contributed by atoms with E-state index in [2.05, 4.69) is 14.6 Å². The van der Waals surface area contributed by atoms with Gasteiger partial charge in [-0.3, -0.25) is 0 Å². The summed E-state index contributed by atoms with van der Waals surface area (Å²) in [7, 11) is 0. The summed E-state index contributed by atoms with van der Waals surface area (Å²) in [5, 5.41) is 0. The lowest BCUT2D eigenvalue weighted by Crippen LogP contribution is -2.16. The topological polar surface area (TPSA) is 52.3 Å². The monoisotopic (exact) mass is 315 g/mol. The first-order chi connectivity index (χ1) is 6.20. The number of halogens is 2. The Labute approximate surface area is 96.5 Å². The minimum absolute atomic E-state index is 0.267. The van der Waals surface area contributed by atoms with Crippen LogP contribution in [0.3, 0.4) is 0 Å². The van der Waals surface area contributed by atoms with Gasteiger partial charge in [0.05, 0.1) is 6.61 Å². The number of ether oxygens (including phenoxy) is 1. The summed E-state index contributed by atoms with van der Waals surface area (Å²) in [5.41, 5.74) is 4.80. The van der Waals surface area contributed by atoms with Crippen LogP contribution in [0.5, 0.6) is 0 Å². The van der Waals surface area contributed by atoms with Crippen molar-refractivity contribution in [3.63, 3.8) is 0 Å². The van der Waals surface area contributed by atoms with Gasteiger partial charge in [-0.15, -0.1) is 11.6 Å². The molecule has 0 rings (SSSR count). The molecule has 2 N–H and O–H groups in total. The number of hydrogen-bond donors (Lipinski definition) is 1. The minimum atomic E-state index is -0.742. The number of hydrogen-bond acceptors (Lipinski definition) is 2. The fourth-order valence-corrected chi connectivity index (χ4v) is 1.23. The highest BCUT2D eigenvalue weighted by Crippen LogP contribution is 2.10. The smallest absolute Gasteiger partial charge is 0.404 e. The SMILES string of the molecule is NC(=O)OCCC(CCl)CC#CI. The summed E-state index contributed by atoms with van der Waals surface area (Å²) in [6.07, 6.45) is 0.695. The molecular weight excluding hydrogens is 304 g/mol. The van der Waals surface area contributed by atoms with Crippen LogP contribution < -0.4 is 5.73 Å². The van der Waals surface area contributed by atoms with E-state index in [9.17, 15) is 4.79 Å². The summed E-state index contributed by atoms with van der Waals surface area (Å²) >= 11 is 7.65. The third-order valence-corrected chi connectivity index (χ3v) is 2.26. The van der Waals surface area contributed by atoms with Gasteiger partial charge in [-0.05, 0) is 16.3 Å². The molecule has 0 fully saturated rings. The highest BCUT2D eigenvalue weighted by molar-refractivity contribution is 14.1. The Morgan fingerprint density at radius 1 is 1.69 bits per heavy atom. The van der Waals surface area contributed by atoms with E-state index in [1.54, 1.807) is 0 Å². The second-order valence-electron chi connectivity index (χ2n) is 2.45. The summed E-state index contributed by atoms with van der Waals surface area (Å²) in [5.74, 6) is 3.71. The van der Waals surface area contributed by atoms with Crippen LogP contribution in [0, 0.1) is 15.8 Å². The van der Waals surface area contributed by atoms with E-state index < -0.39 is 6.09 Å². The standard InChI is InChI=1S/C8H11ClINO2/c9-6-7(2-1-4-10)3-5-13-8(11)12/h7H,2-3,5-6H2,(H2,11,12). The molecule has 1 atom stereocenters. The molecule has 5 heteroatoms. The van der Waals surface area contributed by atoms with Crippen molar-refractivity contribution in [2.24, 2.45) is 11.7 Å². The molecule has 74 valence electrons. The fraction of sp³-hybridized carbons (Fsp3) is 0.625. The molecule has 0 aromatic carbocycles. The number of rotatable bonds is 5. The Morgan fingerprint density at radius 2 is 2.38 bits per heavy atom. The van der Waals surface area contributed by atoms with Crippen LogP contribution in [0.4, 0.5) is 4.79 Å². The van der Waals surface area contributed by atoms with Crippen molar-refractivity contribution in [2.75, 3.05) is 12.5 Å². The molecule has 0 aliphatic heterocycles. The molecule has 3 nitrogen and oxygen atoms in total. The highest BCUT2D eigenvalue weighted by atomic mass is 127. The van der Waals surface area contributed by atoms with E-state index in [1.807, 2.05) is 22.6 Å². The number of primary amides is 1. The van der Waals surface area contributed by atoms with E-state index in [-0.39, 0.29) is 5.92 Å². The van der Waals surface area contributed by atoms with Gasteiger partial charge in [-0.1, -0.05) is 5.92 Å². The molecule has 13 heavy (non-hydrogen) atoms. The van der Waals surface area contributed by atoms with Crippen LogP contribution in [-0.4, -0.2) is 18.6 Å². The Hall–Kier alpha value is -0.150. The van der Waals surface area contributed by atoms with E-state index in [4.69, 9.17) is 17.3 Å². The molecule has 1 unspecified atom stereocenters. The van der Waals surface area contributed by atoms with E-state index in [0.717, 1.165) is 6.42 Å². The average Bonchev–Trinajstić information content (AvgIpc) is 2.10. The zero-order valence-electron chi connectivity index (χ0n) is 7.06. The van der Waals surface area contributed by atoms with Crippen molar-refractivity contribution in [2.45, 2.75) is 12.8 Å². The largest absolute Gasteiger partial charge is 0.450 e. The van der Waals surface area contributed by atoms with Gasteiger partial charge in [-0.25, -0.2) is 4.79 Å². The Morgan fingerprint density at radius 3 is 2.85 bits per heavy atom. The lowest BCUT2D eigenvalue weighted by atomic mass is 10.1. The number of nitrogens with two attached hydrogens (primary N) is 1. The Kier molecular flexibility index (Phi) is 8.35. The first kappa shape index (κ1) is 12.8. The number of carbonyl (C=O) groups is 1. The van der Waals surface area contributed by atoms with Gasteiger partial charge < -0.3 is 10.5 Å². The van der Waals surface area contributed by atoms with Crippen LogP contribution >= 0.6 is 34.2 Å². The van der Waals surface area contributed by atoms with E-state index >= 15 is 0 Å². The van der Waals surface area contributed by atoms with Crippen molar-refractivity contribution < 1.29 is 9.53 Å². The molecule has 0 aromatic rings. The fourth-order valence-electron chi connectivity index (χ4n) is 0.743. The Bertz CT molecular complexity index is 212. The molecule has 0 bridgehead atoms. The van der Waals surface area contributed by atoms with Gasteiger partial charge >= 0.3 is 6.09 Å². The first-order valence-corrected chi connectivity index (χ1v) is 5.38. The summed E-state index contributed by atoms with van der Waals surface area (Å²) in [6, 6.07) is 0. The molecule has 0 saturated heterocycles. The average molecular weight is 316 g/mol. The van der Waals surface area contributed by atoms with Gasteiger partial charge in [0.2, 0.25) is 0 Å².